The lowest BCUT2D eigenvalue weighted by Crippen LogP contribution is -2.36. The standard InChI is InChI=1S/C22H29N3O2/c23-20-9-4-8-19(16-20)22(26)24-12-5-15-27-21-10-13-25(14-11-21)17-18-6-2-1-3-7-18/h1-4,6-9,16,21H,5,10-15,17,23H2,(H,24,26). The highest BCUT2D eigenvalue weighted by Crippen LogP contribution is 2.16. The molecule has 0 aliphatic carbocycles. The average molecular weight is 367 g/mol. The Morgan fingerprint density at radius 2 is 1.89 bits per heavy atom. The molecule has 0 saturated carbocycles. The van der Waals surface area contributed by atoms with Crippen LogP contribution in [0.25, 0.3) is 0 Å². The Balaban J connectivity index is 1.27. The number of hydrogen-bond donors (Lipinski definition) is 2. The van der Waals surface area contributed by atoms with Crippen molar-refractivity contribution < 1.29 is 9.53 Å². The zero-order valence-electron chi connectivity index (χ0n) is 15.8. The molecule has 1 saturated heterocycles. The van der Waals surface area contributed by atoms with Gasteiger partial charge in [-0.1, -0.05) is 36.4 Å². The van der Waals surface area contributed by atoms with Crippen molar-refractivity contribution in [1.29, 1.82) is 0 Å². The second-order valence-corrected chi connectivity index (χ2v) is 7.07. The van der Waals surface area contributed by atoms with E-state index in [1.54, 1.807) is 24.3 Å². The zero-order chi connectivity index (χ0) is 18.9. The van der Waals surface area contributed by atoms with Gasteiger partial charge in [-0.2, -0.15) is 0 Å². The van der Waals surface area contributed by atoms with Crippen molar-refractivity contribution in [3.05, 3.63) is 65.7 Å². The van der Waals surface area contributed by atoms with E-state index in [0.29, 0.717) is 30.5 Å². The summed E-state index contributed by atoms with van der Waals surface area (Å²) in [6, 6.07) is 17.6. The number of likely N-dealkylation sites (tertiary alicyclic amines) is 1. The second kappa shape index (κ2) is 10.1. The van der Waals surface area contributed by atoms with Crippen LogP contribution < -0.4 is 11.1 Å². The Morgan fingerprint density at radius 1 is 1.11 bits per heavy atom. The number of nitrogen functional groups attached to an aromatic ring is 1. The summed E-state index contributed by atoms with van der Waals surface area (Å²) >= 11 is 0. The number of rotatable bonds is 8. The van der Waals surface area contributed by atoms with Gasteiger partial charge in [0.15, 0.2) is 0 Å². The summed E-state index contributed by atoms with van der Waals surface area (Å²) in [5.41, 5.74) is 8.27. The molecule has 1 heterocycles. The quantitative estimate of drug-likeness (QED) is 0.556. The molecule has 144 valence electrons. The van der Waals surface area contributed by atoms with Crippen LogP contribution in [-0.2, 0) is 11.3 Å². The number of nitrogens with zero attached hydrogens (tertiary/aromatic N) is 1. The van der Waals surface area contributed by atoms with Crippen LogP contribution in [0.15, 0.2) is 54.6 Å². The maximum absolute atomic E-state index is 12.0. The number of benzene rings is 2. The van der Waals surface area contributed by atoms with Gasteiger partial charge in [0.2, 0.25) is 0 Å². The molecule has 3 N–H and O–H groups in total. The largest absolute Gasteiger partial charge is 0.399 e. The molecule has 0 spiro atoms. The summed E-state index contributed by atoms with van der Waals surface area (Å²) in [5.74, 6) is -0.0866. The molecule has 0 bridgehead atoms. The molecule has 1 aliphatic rings. The van der Waals surface area contributed by atoms with Crippen LogP contribution in [-0.4, -0.2) is 43.2 Å². The topological polar surface area (TPSA) is 67.6 Å². The molecule has 5 heteroatoms. The maximum atomic E-state index is 12.0. The van der Waals surface area contributed by atoms with Crippen molar-refractivity contribution in [2.45, 2.75) is 31.9 Å². The summed E-state index contributed by atoms with van der Waals surface area (Å²) in [6.45, 7) is 4.46. The van der Waals surface area contributed by atoms with Gasteiger partial charge in [-0.15, -0.1) is 0 Å². The SMILES string of the molecule is Nc1cccc(C(=O)NCCCOC2CCN(Cc3ccccc3)CC2)c1. The number of hydrogen-bond acceptors (Lipinski definition) is 4. The van der Waals surface area contributed by atoms with Gasteiger partial charge < -0.3 is 15.8 Å². The van der Waals surface area contributed by atoms with E-state index in [9.17, 15) is 4.79 Å². The van der Waals surface area contributed by atoms with Gasteiger partial charge in [0.25, 0.3) is 5.91 Å². The highest BCUT2D eigenvalue weighted by atomic mass is 16.5. The number of nitrogens with two attached hydrogens (primary N) is 1. The van der Waals surface area contributed by atoms with E-state index < -0.39 is 0 Å². The molecular formula is C22H29N3O2. The van der Waals surface area contributed by atoms with E-state index in [-0.39, 0.29) is 5.91 Å². The van der Waals surface area contributed by atoms with E-state index >= 15 is 0 Å². The minimum atomic E-state index is -0.0866. The first-order chi connectivity index (χ1) is 13.2. The molecular weight excluding hydrogens is 338 g/mol. The van der Waals surface area contributed by atoms with Crippen LogP contribution in [0.5, 0.6) is 0 Å². The van der Waals surface area contributed by atoms with Crippen molar-refractivity contribution in [1.82, 2.24) is 10.2 Å². The lowest BCUT2D eigenvalue weighted by molar-refractivity contribution is 0.00515. The molecule has 1 amide bonds. The molecule has 5 nitrogen and oxygen atoms in total. The number of carbonyl (C=O) groups excluding carboxylic acids is 1. The first-order valence-corrected chi connectivity index (χ1v) is 9.72. The summed E-state index contributed by atoms with van der Waals surface area (Å²) in [5, 5.41) is 2.92. The highest BCUT2D eigenvalue weighted by molar-refractivity contribution is 5.94. The molecule has 1 aliphatic heterocycles. The maximum Gasteiger partial charge on any atom is 0.251 e. The van der Waals surface area contributed by atoms with Gasteiger partial charge in [0.05, 0.1) is 6.10 Å². The molecule has 1 fully saturated rings. The fraction of sp³-hybridized carbons (Fsp3) is 0.409. The van der Waals surface area contributed by atoms with Crippen molar-refractivity contribution in [2.24, 2.45) is 0 Å². The van der Waals surface area contributed by atoms with Crippen molar-refractivity contribution in [2.75, 3.05) is 32.0 Å². The lowest BCUT2D eigenvalue weighted by Gasteiger charge is -2.32. The predicted molar refractivity (Wildman–Crippen MR) is 108 cm³/mol. The van der Waals surface area contributed by atoms with Gasteiger partial charge in [-0.25, -0.2) is 0 Å². The van der Waals surface area contributed by atoms with Crippen LogP contribution in [0.2, 0.25) is 0 Å². The molecule has 2 aromatic rings. The Bertz CT molecular complexity index is 713. The van der Waals surface area contributed by atoms with Crippen LogP contribution >= 0.6 is 0 Å². The number of amides is 1. The zero-order valence-corrected chi connectivity index (χ0v) is 15.8. The van der Waals surface area contributed by atoms with Gasteiger partial charge in [0.1, 0.15) is 0 Å². The molecule has 0 unspecified atom stereocenters. The molecule has 0 atom stereocenters. The second-order valence-electron chi connectivity index (χ2n) is 7.07. The van der Waals surface area contributed by atoms with E-state index in [4.69, 9.17) is 10.5 Å². The summed E-state index contributed by atoms with van der Waals surface area (Å²) in [4.78, 5) is 14.5. The third-order valence-corrected chi connectivity index (χ3v) is 4.89. The molecule has 27 heavy (non-hydrogen) atoms. The Hall–Kier alpha value is -2.37. The van der Waals surface area contributed by atoms with Crippen LogP contribution in [0.3, 0.4) is 0 Å². The number of ether oxygens (including phenoxy) is 1. The van der Waals surface area contributed by atoms with Gasteiger partial charge >= 0.3 is 0 Å². The Labute approximate surface area is 161 Å². The number of nitrogens with one attached hydrogen (secondary N) is 1. The third-order valence-electron chi connectivity index (χ3n) is 4.89. The monoisotopic (exact) mass is 367 g/mol. The number of anilines is 1. The van der Waals surface area contributed by atoms with Crippen molar-refractivity contribution >= 4 is 11.6 Å². The molecule has 2 aromatic carbocycles. The minimum absolute atomic E-state index is 0.0866. The summed E-state index contributed by atoms with van der Waals surface area (Å²) < 4.78 is 5.99. The van der Waals surface area contributed by atoms with Gasteiger partial charge in [0, 0.05) is 44.0 Å². The normalized spacial score (nSPS) is 15.6. The van der Waals surface area contributed by atoms with Gasteiger partial charge in [-0.3, -0.25) is 9.69 Å². The van der Waals surface area contributed by atoms with Crippen LogP contribution in [0, 0.1) is 0 Å². The Kier molecular flexibility index (Phi) is 7.25. The molecule has 0 radical (unpaired) electrons. The molecule has 3 rings (SSSR count). The fourth-order valence-corrected chi connectivity index (χ4v) is 3.38. The minimum Gasteiger partial charge on any atom is -0.399 e. The predicted octanol–water partition coefficient (Wildman–Crippen LogP) is 3.07. The van der Waals surface area contributed by atoms with Crippen LogP contribution in [0.1, 0.15) is 35.2 Å². The van der Waals surface area contributed by atoms with Gasteiger partial charge in [-0.05, 0) is 43.0 Å². The number of carbonyl (C=O) groups is 1. The number of piperidine rings is 1. The first-order valence-electron chi connectivity index (χ1n) is 9.72. The van der Waals surface area contributed by atoms with E-state index in [1.165, 1.54) is 5.56 Å². The van der Waals surface area contributed by atoms with E-state index in [2.05, 4.69) is 40.5 Å². The van der Waals surface area contributed by atoms with E-state index in [0.717, 1.165) is 38.9 Å². The third kappa shape index (κ3) is 6.38. The smallest absolute Gasteiger partial charge is 0.251 e. The summed E-state index contributed by atoms with van der Waals surface area (Å²) in [7, 11) is 0. The van der Waals surface area contributed by atoms with Crippen molar-refractivity contribution in [3.8, 4) is 0 Å². The molecule has 0 aromatic heterocycles. The first kappa shape index (κ1) is 19.4. The van der Waals surface area contributed by atoms with Crippen LogP contribution in [0.4, 0.5) is 5.69 Å². The average Bonchev–Trinajstić information content (AvgIpc) is 2.69. The summed E-state index contributed by atoms with van der Waals surface area (Å²) in [6.07, 6.45) is 3.30. The highest BCUT2D eigenvalue weighted by Gasteiger charge is 2.19. The van der Waals surface area contributed by atoms with E-state index in [1.807, 2.05) is 0 Å². The Morgan fingerprint density at radius 3 is 2.63 bits per heavy atom. The fourth-order valence-electron chi connectivity index (χ4n) is 3.38. The van der Waals surface area contributed by atoms with Crippen molar-refractivity contribution in [3.63, 3.8) is 0 Å². The lowest BCUT2D eigenvalue weighted by atomic mass is 10.1.